The van der Waals surface area contributed by atoms with Crippen LogP contribution >= 0.6 is 0 Å². The first-order valence-electron chi connectivity index (χ1n) is 6.55. The summed E-state index contributed by atoms with van der Waals surface area (Å²) in [6.07, 6.45) is 4.20. The number of hydrogen-bond acceptors (Lipinski definition) is 1. The van der Waals surface area contributed by atoms with Crippen LogP contribution in [0.5, 0.6) is 0 Å². The van der Waals surface area contributed by atoms with Crippen LogP contribution in [0.2, 0.25) is 0 Å². The van der Waals surface area contributed by atoms with Crippen LogP contribution in [0.15, 0.2) is 66.7 Å². The predicted octanol–water partition coefficient (Wildman–Crippen LogP) is 4.60. The first-order valence-corrected chi connectivity index (χ1v) is 6.55. The Kier molecular flexibility index (Phi) is 4.30. The van der Waals surface area contributed by atoms with Crippen molar-refractivity contribution in [1.29, 1.82) is 0 Å². The smallest absolute Gasteiger partial charge is 0.193 e. The Morgan fingerprint density at radius 3 is 2.11 bits per heavy atom. The topological polar surface area (TPSA) is 17.1 Å². The first kappa shape index (κ1) is 13.3. The highest BCUT2D eigenvalue weighted by Gasteiger charge is 2.09. The largest absolute Gasteiger partial charge is 0.289 e. The molecule has 0 radical (unpaired) electrons. The van der Waals surface area contributed by atoms with Crippen LogP contribution in [-0.4, -0.2) is 5.78 Å². The SMILES string of the molecule is C/C=C/C(C)c1ccc(C(=O)c2ccccc2)cc1. The standard InChI is InChI=1S/C18H18O/c1-3-7-14(2)15-10-12-17(13-11-15)18(19)16-8-5-4-6-9-16/h3-14H,1-2H3/b7-3+. The zero-order valence-corrected chi connectivity index (χ0v) is 11.3. The molecule has 0 aliphatic heterocycles. The lowest BCUT2D eigenvalue weighted by Gasteiger charge is -2.07. The van der Waals surface area contributed by atoms with Crippen molar-refractivity contribution >= 4 is 5.78 Å². The van der Waals surface area contributed by atoms with Gasteiger partial charge in [-0.25, -0.2) is 0 Å². The highest BCUT2D eigenvalue weighted by molar-refractivity contribution is 6.08. The number of rotatable bonds is 4. The summed E-state index contributed by atoms with van der Waals surface area (Å²) in [5.74, 6) is 0.455. The van der Waals surface area contributed by atoms with Crippen molar-refractivity contribution in [3.8, 4) is 0 Å². The molecule has 2 aromatic carbocycles. The van der Waals surface area contributed by atoms with E-state index in [1.807, 2.05) is 67.6 Å². The van der Waals surface area contributed by atoms with Crippen LogP contribution in [-0.2, 0) is 0 Å². The summed E-state index contributed by atoms with van der Waals surface area (Å²) in [5.41, 5.74) is 2.70. The normalized spacial score (nSPS) is 12.5. The minimum atomic E-state index is 0.0748. The molecule has 0 saturated heterocycles. The number of carbonyl (C=O) groups is 1. The van der Waals surface area contributed by atoms with Gasteiger partial charge in [-0.1, -0.05) is 73.7 Å². The van der Waals surface area contributed by atoms with E-state index >= 15 is 0 Å². The van der Waals surface area contributed by atoms with Gasteiger partial charge >= 0.3 is 0 Å². The van der Waals surface area contributed by atoms with Gasteiger partial charge < -0.3 is 0 Å². The molecule has 0 heterocycles. The molecule has 1 heteroatoms. The number of hydrogen-bond donors (Lipinski definition) is 0. The third-order valence-corrected chi connectivity index (χ3v) is 3.22. The molecule has 96 valence electrons. The second kappa shape index (κ2) is 6.14. The lowest BCUT2D eigenvalue weighted by molar-refractivity contribution is 0.103. The van der Waals surface area contributed by atoms with Crippen molar-refractivity contribution in [2.45, 2.75) is 19.8 Å². The van der Waals surface area contributed by atoms with E-state index in [2.05, 4.69) is 13.0 Å². The Balaban J connectivity index is 2.21. The zero-order valence-electron chi connectivity index (χ0n) is 11.3. The lowest BCUT2D eigenvalue weighted by Crippen LogP contribution is -2.01. The number of carbonyl (C=O) groups excluding carboxylic acids is 1. The molecule has 0 aliphatic rings. The first-order chi connectivity index (χ1) is 9.22. The third kappa shape index (κ3) is 3.19. The van der Waals surface area contributed by atoms with Crippen LogP contribution in [0, 0.1) is 0 Å². The highest BCUT2D eigenvalue weighted by Crippen LogP contribution is 2.18. The second-order valence-corrected chi connectivity index (χ2v) is 4.63. The molecular weight excluding hydrogens is 232 g/mol. The summed E-state index contributed by atoms with van der Waals surface area (Å²) in [4.78, 5) is 12.2. The molecule has 0 aliphatic carbocycles. The summed E-state index contributed by atoms with van der Waals surface area (Å²) in [7, 11) is 0. The Morgan fingerprint density at radius 1 is 0.947 bits per heavy atom. The molecule has 0 fully saturated rings. The van der Waals surface area contributed by atoms with Crippen molar-refractivity contribution in [2.75, 3.05) is 0 Å². The molecule has 2 aromatic rings. The van der Waals surface area contributed by atoms with Crippen LogP contribution < -0.4 is 0 Å². The van der Waals surface area contributed by atoms with Gasteiger partial charge in [-0.2, -0.15) is 0 Å². The molecule has 2 rings (SSSR count). The maximum atomic E-state index is 12.2. The zero-order chi connectivity index (χ0) is 13.7. The Labute approximate surface area is 114 Å². The van der Waals surface area contributed by atoms with Crippen LogP contribution in [0.3, 0.4) is 0 Å². The molecule has 19 heavy (non-hydrogen) atoms. The van der Waals surface area contributed by atoms with Gasteiger partial charge in [-0.3, -0.25) is 4.79 Å². The maximum Gasteiger partial charge on any atom is 0.193 e. The van der Waals surface area contributed by atoms with Gasteiger partial charge in [0.25, 0.3) is 0 Å². The fourth-order valence-corrected chi connectivity index (χ4v) is 2.09. The molecule has 0 bridgehead atoms. The van der Waals surface area contributed by atoms with E-state index in [9.17, 15) is 4.79 Å². The summed E-state index contributed by atoms with van der Waals surface area (Å²) >= 11 is 0. The minimum absolute atomic E-state index is 0.0748. The van der Waals surface area contributed by atoms with E-state index in [4.69, 9.17) is 0 Å². The minimum Gasteiger partial charge on any atom is -0.289 e. The van der Waals surface area contributed by atoms with E-state index in [-0.39, 0.29) is 5.78 Å². The van der Waals surface area contributed by atoms with Crippen molar-refractivity contribution in [2.24, 2.45) is 0 Å². The summed E-state index contributed by atoms with van der Waals surface area (Å²) < 4.78 is 0. The van der Waals surface area contributed by atoms with E-state index < -0.39 is 0 Å². The van der Waals surface area contributed by atoms with Crippen LogP contribution in [0.25, 0.3) is 0 Å². The predicted molar refractivity (Wildman–Crippen MR) is 79.5 cm³/mol. The summed E-state index contributed by atoms with van der Waals surface area (Å²) in [5, 5.41) is 0. The van der Waals surface area contributed by atoms with Gasteiger partial charge in [0.1, 0.15) is 0 Å². The average Bonchev–Trinajstić information content (AvgIpc) is 2.48. The van der Waals surface area contributed by atoms with Gasteiger partial charge in [-0.05, 0) is 18.4 Å². The Bertz CT molecular complexity index is 564. The van der Waals surface area contributed by atoms with Crippen LogP contribution in [0.1, 0.15) is 41.3 Å². The average molecular weight is 250 g/mol. The second-order valence-electron chi connectivity index (χ2n) is 4.63. The Hall–Kier alpha value is -2.15. The molecule has 1 unspecified atom stereocenters. The number of ketones is 1. The summed E-state index contributed by atoms with van der Waals surface area (Å²) in [6.45, 7) is 4.16. The molecule has 1 nitrogen and oxygen atoms in total. The van der Waals surface area contributed by atoms with Gasteiger partial charge in [0.2, 0.25) is 0 Å². The van der Waals surface area contributed by atoms with E-state index in [0.29, 0.717) is 5.92 Å². The van der Waals surface area contributed by atoms with Crippen molar-refractivity contribution in [3.63, 3.8) is 0 Å². The fraction of sp³-hybridized carbons (Fsp3) is 0.167. The van der Waals surface area contributed by atoms with Crippen LogP contribution in [0.4, 0.5) is 0 Å². The fourth-order valence-electron chi connectivity index (χ4n) is 2.09. The van der Waals surface area contributed by atoms with Gasteiger partial charge in [-0.15, -0.1) is 0 Å². The number of allylic oxidation sites excluding steroid dienone is 2. The molecule has 0 aromatic heterocycles. The molecule has 0 saturated carbocycles. The van der Waals surface area contributed by atoms with E-state index in [1.165, 1.54) is 5.56 Å². The monoisotopic (exact) mass is 250 g/mol. The Morgan fingerprint density at radius 2 is 1.53 bits per heavy atom. The van der Waals surface area contributed by atoms with Crippen molar-refractivity contribution in [1.82, 2.24) is 0 Å². The lowest BCUT2D eigenvalue weighted by atomic mass is 9.97. The van der Waals surface area contributed by atoms with Crippen molar-refractivity contribution in [3.05, 3.63) is 83.4 Å². The summed E-state index contributed by atoms with van der Waals surface area (Å²) in [6, 6.07) is 17.2. The maximum absolute atomic E-state index is 12.2. The van der Waals surface area contributed by atoms with E-state index in [0.717, 1.165) is 11.1 Å². The molecular formula is C18H18O. The van der Waals surface area contributed by atoms with Crippen molar-refractivity contribution < 1.29 is 4.79 Å². The number of benzene rings is 2. The van der Waals surface area contributed by atoms with E-state index in [1.54, 1.807) is 0 Å². The van der Waals surface area contributed by atoms with Gasteiger partial charge in [0.15, 0.2) is 5.78 Å². The molecule has 0 spiro atoms. The van der Waals surface area contributed by atoms with Gasteiger partial charge in [0.05, 0.1) is 0 Å². The molecule has 0 amide bonds. The van der Waals surface area contributed by atoms with Gasteiger partial charge in [0, 0.05) is 11.1 Å². The molecule has 0 N–H and O–H groups in total. The quantitative estimate of drug-likeness (QED) is 0.572. The third-order valence-electron chi connectivity index (χ3n) is 3.22. The molecule has 1 atom stereocenters. The highest BCUT2D eigenvalue weighted by atomic mass is 16.1.